The first-order valence-electron chi connectivity index (χ1n) is 6.97. The van der Waals surface area contributed by atoms with Crippen LogP contribution in [0.2, 0.25) is 0 Å². The number of amides is 1. The Morgan fingerprint density at radius 2 is 2.14 bits per heavy atom. The van der Waals surface area contributed by atoms with Gasteiger partial charge in [0.05, 0.1) is 23.4 Å². The van der Waals surface area contributed by atoms with Crippen LogP contribution in [-0.2, 0) is 6.42 Å². The van der Waals surface area contributed by atoms with E-state index in [-0.39, 0.29) is 5.91 Å². The van der Waals surface area contributed by atoms with Crippen molar-refractivity contribution in [2.75, 3.05) is 13.7 Å². The molecule has 1 aromatic heterocycles. The van der Waals surface area contributed by atoms with Gasteiger partial charge >= 0.3 is 0 Å². The fourth-order valence-corrected chi connectivity index (χ4v) is 2.88. The van der Waals surface area contributed by atoms with E-state index in [1.54, 1.807) is 30.6 Å². The maximum atomic E-state index is 12.1. The number of para-hydroxylation sites is 1. The molecule has 0 aliphatic rings. The van der Waals surface area contributed by atoms with Crippen molar-refractivity contribution in [1.29, 1.82) is 0 Å². The highest BCUT2D eigenvalue weighted by atomic mass is 32.1. The van der Waals surface area contributed by atoms with Gasteiger partial charge in [0.2, 0.25) is 0 Å². The van der Waals surface area contributed by atoms with Crippen LogP contribution in [0.1, 0.15) is 40.8 Å². The summed E-state index contributed by atoms with van der Waals surface area (Å²) in [6, 6.07) is 7.21. The number of ether oxygens (including phenoxy) is 1. The van der Waals surface area contributed by atoms with Gasteiger partial charge in [-0.25, -0.2) is 4.98 Å². The molecule has 0 aliphatic heterocycles. The lowest BCUT2D eigenvalue weighted by Crippen LogP contribution is -2.26. The van der Waals surface area contributed by atoms with E-state index >= 15 is 0 Å². The SMILES string of the molecule is COc1ccccc1C(=O)NCCc1nc(C(C)C)cs1. The van der Waals surface area contributed by atoms with Crippen molar-refractivity contribution in [3.8, 4) is 5.75 Å². The summed E-state index contributed by atoms with van der Waals surface area (Å²) in [6.07, 6.45) is 0.748. The highest BCUT2D eigenvalue weighted by molar-refractivity contribution is 7.09. The fourth-order valence-electron chi connectivity index (χ4n) is 1.92. The van der Waals surface area contributed by atoms with Crippen LogP contribution in [0.4, 0.5) is 0 Å². The number of hydrogen-bond acceptors (Lipinski definition) is 4. The third-order valence-electron chi connectivity index (χ3n) is 3.14. The van der Waals surface area contributed by atoms with E-state index in [1.807, 2.05) is 12.1 Å². The van der Waals surface area contributed by atoms with E-state index in [0.29, 0.717) is 23.8 Å². The Bertz CT molecular complexity index is 608. The molecule has 2 aromatic rings. The van der Waals surface area contributed by atoms with Gasteiger partial charge in [-0.2, -0.15) is 0 Å². The van der Waals surface area contributed by atoms with Gasteiger partial charge in [-0.05, 0) is 18.1 Å². The van der Waals surface area contributed by atoms with Crippen molar-refractivity contribution in [2.24, 2.45) is 0 Å². The Morgan fingerprint density at radius 3 is 2.81 bits per heavy atom. The lowest BCUT2D eigenvalue weighted by Gasteiger charge is -2.08. The molecule has 0 bridgehead atoms. The molecule has 0 atom stereocenters. The zero-order valence-corrected chi connectivity index (χ0v) is 13.4. The minimum Gasteiger partial charge on any atom is -0.496 e. The molecule has 0 fully saturated rings. The van der Waals surface area contributed by atoms with Crippen LogP contribution in [0.25, 0.3) is 0 Å². The predicted octanol–water partition coefficient (Wildman–Crippen LogP) is 3.25. The third-order valence-corrected chi connectivity index (χ3v) is 4.06. The smallest absolute Gasteiger partial charge is 0.255 e. The molecule has 0 saturated heterocycles. The Kier molecular flexibility index (Phi) is 5.33. The average molecular weight is 304 g/mol. The number of nitrogens with one attached hydrogen (secondary N) is 1. The number of nitrogens with zero attached hydrogens (tertiary/aromatic N) is 1. The van der Waals surface area contributed by atoms with Crippen LogP contribution in [-0.4, -0.2) is 24.5 Å². The van der Waals surface area contributed by atoms with E-state index < -0.39 is 0 Å². The molecule has 1 N–H and O–H groups in total. The molecule has 0 spiro atoms. The number of rotatable bonds is 6. The molecular formula is C16H20N2O2S. The monoisotopic (exact) mass is 304 g/mol. The van der Waals surface area contributed by atoms with E-state index in [0.717, 1.165) is 17.1 Å². The molecule has 4 nitrogen and oxygen atoms in total. The van der Waals surface area contributed by atoms with Crippen LogP contribution in [0.15, 0.2) is 29.6 Å². The number of hydrogen-bond donors (Lipinski definition) is 1. The molecule has 0 radical (unpaired) electrons. The number of aromatic nitrogens is 1. The summed E-state index contributed by atoms with van der Waals surface area (Å²) in [4.78, 5) is 16.7. The first-order valence-corrected chi connectivity index (χ1v) is 7.85. The standard InChI is InChI=1S/C16H20N2O2S/c1-11(2)13-10-21-15(18-13)8-9-17-16(19)12-6-4-5-7-14(12)20-3/h4-7,10-11H,8-9H2,1-3H3,(H,17,19). The minimum atomic E-state index is -0.118. The van der Waals surface area contributed by atoms with Gasteiger partial charge < -0.3 is 10.1 Å². The van der Waals surface area contributed by atoms with Gasteiger partial charge in [0.15, 0.2) is 0 Å². The maximum Gasteiger partial charge on any atom is 0.255 e. The number of carbonyl (C=O) groups is 1. The molecule has 0 aliphatic carbocycles. The van der Waals surface area contributed by atoms with Gasteiger partial charge in [-0.1, -0.05) is 26.0 Å². The highest BCUT2D eigenvalue weighted by Gasteiger charge is 2.11. The molecule has 0 unspecified atom stereocenters. The minimum absolute atomic E-state index is 0.118. The summed E-state index contributed by atoms with van der Waals surface area (Å²) in [6.45, 7) is 4.83. The molecule has 21 heavy (non-hydrogen) atoms. The molecule has 1 amide bonds. The molecule has 0 saturated carbocycles. The molecule has 1 heterocycles. The molecule has 112 valence electrons. The van der Waals surface area contributed by atoms with E-state index in [2.05, 4.69) is 29.5 Å². The van der Waals surface area contributed by atoms with Crippen LogP contribution < -0.4 is 10.1 Å². The second-order valence-electron chi connectivity index (χ2n) is 5.03. The van der Waals surface area contributed by atoms with Crippen molar-refractivity contribution in [2.45, 2.75) is 26.2 Å². The lowest BCUT2D eigenvalue weighted by atomic mass is 10.2. The summed E-state index contributed by atoms with van der Waals surface area (Å²) in [5.41, 5.74) is 1.67. The van der Waals surface area contributed by atoms with Crippen molar-refractivity contribution < 1.29 is 9.53 Å². The third kappa shape index (κ3) is 4.04. The molecule has 5 heteroatoms. The van der Waals surface area contributed by atoms with Gasteiger partial charge in [0.1, 0.15) is 5.75 Å². The first kappa shape index (κ1) is 15.5. The quantitative estimate of drug-likeness (QED) is 0.891. The predicted molar refractivity (Wildman–Crippen MR) is 85.2 cm³/mol. The highest BCUT2D eigenvalue weighted by Crippen LogP contribution is 2.18. The lowest BCUT2D eigenvalue weighted by molar-refractivity contribution is 0.0951. The largest absolute Gasteiger partial charge is 0.496 e. The van der Waals surface area contributed by atoms with E-state index in [1.165, 1.54) is 0 Å². The fraction of sp³-hybridized carbons (Fsp3) is 0.375. The Hall–Kier alpha value is -1.88. The number of carbonyl (C=O) groups excluding carboxylic acids is 1. The first-order chi connectivity index (χ1) is 10.1. The van der Waals surface area contributed by atoms with Gasteiger partial charge in [-0.15, -0.1) is 11.3 Å². The molecule has 2 rings (SSSR count). The van der Waals surface area contributed by atoms with Crippen molar-refractivity contribution in [1.82, 2.24) is 10.3 Å². The van der Waals surface area contributed by atoms with E-state index in [9.17, 15) is 4.79 Å². The Labute approximate surface area is 129 Å². The Balaban J connectivity index is 1.89. The normalized spacial score (nSPS) is 10.7. The zero-order valence-electron chi connectivity index (χ0n) is 12.6. The molecular weight excluding hydrogens is 284 g/mol. The Morgan fingerprint density at radius 1 is 1.38 bits per heavy atom. The number of benzene rings is 1. The number of thiazole rings is 1. The van der Waals surface area contributed by atoms with E-state index in [4.69, 9.17) is 4.74 Å². The van der Waals surface area contributed by atoms with Crippen LogP contribution in [0, 0.1) is 0 Å². The second kappa shape index (κ2) is 7.22. The summed E-state index contributed by atoms with van der Waals surface area (Å²) in [5, 5.41) is 6.05. The summed E-state index contributed by atoms with van der Waals surface area (Å²) >= 11 is 1.65. The zero-order chi connectivity index (χ0) is 15.2. The maximum absolute atomic E-state index is 12.1. The van der Waals surface area contributed by atoms with Crippen LogP contribution in [0.3, 0.4) is 0 Å². The van der Waals surface area contributed by atoms with Crippen LogP contribution >= 0.6 is 11.3 Å². The summed E-state index contributed by atoms with van der Waals surface area (Å²) in [7, 11) is 1.56. The summed E-state index contributed by atoms with van der Waals surface area (Å²) < 4.78 is 5.19. The van der Waals surface area contributed by atoms with Crippen molar-refractivity contribution in [3.05, 3.63) is 45.9 Å². The van der Waals surface area contributed by atoms with Gasteiger partial charge in [-0.3, -0.25) is 4.79 Å². The molecule has 1 aromatic carbocycles. The van der Waals surface area contributed by atoms with Crippen molar-refractivity contribution >= 4 is 17.2 Å². The second-order valence-corrected chi connectivity index (χ2v) is 5.97. The van der Waals surface area contributed by atoms with Gasteiger partial charge in [0.25, 0.3) is 5.91 Å². The summed E-state index contributed by atoms with van der Waals surface area (Å²) in [5.74, 6) is 0.914. The van der Waals surface area contributed by atoms with Crippen molar-refractivity contribution in [3.63, 3.8) is 0 Å². The van der Waals surface area contributed by atoms with Gasteiger partial charge in [0, 0.05) is 18.3 Å². The number of methoxy groups -OCH3 is 1. The van der Waals surface area contributed by atoms with Crippen LogP contribution in [0.5, 0.6) is 5.75 Å². The average Bonchev–Trinajstić information content (AvgIpc) is 2.96. The topological polar surface area (TPSA) is 51.2 Å².